The van der Waals surface area contributed by atoms with Gasteiger partial charge in [0.05, 0.1) is 7.14 Å². The molecule has 1 heterocycles. The van der Waals surface area contributed by atoms with Gasteiger partial charge in [0.25, 0.3) is 0 Å². The minimum absolute atomic E-state index is 0.331. The predicted molar refractivity (Wildman–Crippen MR) is 74.4 cm³/mol. The maximum Gasteiger partial charge on any atom is 0.414 e. The van der Waals surface area contributed by atoms with E-state index in [-0.39, 0.29) is 0 Å². The zero-order valence-electron chi connectivity index (χ0n) is 7.92. The summed E-state index contributed by atoms with van der Waals surface area (Å²) in [5.41, 5.74) is 0. The van der Waals surface area contributed by atoms with Gasteiger partial charge in [-0.2, -0.15) is 0 Å². The van der Waals surface area contributed by atoms with Gasteiger partial charge >= 0.3 is 6.09 Å². The third kappa shape index (κ3) is 3.31. The summed E-state index contributed by atoms with van der Waals surface area (Å²) in [6, 6.07) is 0. The Bertz CT molecular complexity index is 398. The minimum atomic E-state index is -0.437. The molecule has 7 heteroatoms. The number of hydrogen-bond acceptors (Lipinski definition) is 3. The fraction of sp³-hybridized carbons (Fsp3) is 0.250. The summed E-state index contributed by atoms with van der Waals surface area (Å²) in [6.45, 7) is 0. The summed E-state index contributed by atoms with van der Waals surface area (Å²) in [5.74, 6) is 0.454. The van der Waals surface area contributed by atoms with Gasteiger partial charge in [0.2, 0.25) is 0 Å². The summed E-state index contributed by atoms with van der Waals surface area (Å²) < 4.78 is 6.55. The van der Waals surface area contributed by atoms with Crippen LogP contribution in [0.3, 0.4) is 0 Å². The highest BCUT2D eigenvalue weighted by atomic mass is 127. The maximum atomic E-state index is 11.4. The number of aromatic nitrogens is 1. The van der Waals surface area contributed by atoms with E-state index in [0.29, 0.717) is 14.5 Å². The lowest BCUT2D eigenvalue weighted by atomic mass is 10.4. The first-order valence-corrected chi connectivity index (χ1v) is 6.35. The fourth-order valence-electron chi connectivity index (χ4n) is 0.699. The van der Waals surface area contributed by atoms with E-state index in [4.69, 9.17) is 16.3 Å². The molecule has 0 aliphatic heterocycles. The lowest BCUT2D eigenvalue weighted by Crippen LogP contribution is -2.26. The average molecular weight is 452 g/mol. The molecule has 0 unspecified atom stereocenters. The third-order valence-corrected chi connectivity index (χ3v) is 3.82. The predicted octanol–water partition coefficient (Wildman–Crippen LogP) is 3.00. The van der Waals surface area contributed by atoms with Crippen LogP contribution in [0.2, 0.25) is 5.15 Å². The first-order chi connectivity index (χ1) is 6.93. The molecule has 0 radical (unpaired) electrons. The van der Waals surface area contributed by atoms with Crippen LogP contribution in [0.15, 0.2) is 6.20 Å². The molecule has 82 valence electrons. The van der Waals surface area contributed by atoms with E-state index >= 15 is 0 Å². The van der Waals surface area contributed by atoms with E-state index in [1.807, 2.05) is 45.2 Å². The molecule has 1 rings (SSSR count). The van der Waals surface area contributed by atoms with Gasteiger partial charge < -0.3 is 9.64 Å². The molecule has 1 amide bonds. The zero-order valence-corrected chi connectivity index (χ0v) is 13.0. The Labute approximate surface area is 120 Å². The van der Waals surface area contributed by atoms with Crippen LogP contribution in [0.4, 0.5) is 4.79 Å². The largest absolute Gasteiger partial charge is 0.414 e. The number of amides is 1. The van der Waals surface area contributed by atoms with Crippen LogP contribution in [-0.2, 0) is 0 Å². The minimum Gasteiger partial charge on any atom is -0.408 e. The summed E-state index contributed by atoms with van der Waals surface area (Å²) >= 11 is 9.85. The van der Waals surface area contributed by atoms with Crippen LogP contribution < -0.4 is 4.74 Å². The second-order valence-electron chi connectivity index (χ2n) is 2.80. The van der Waals surface area contributed by atoms with Gasteiger partial charge in [0, 0.05) is 20.3 Å². The standard InChI is InChI=1S/C8H7ClI2N2O2/c1-13(2)8(14)15-6-4(10)3-12-7(9)5(6)11/h3H,1-2H3. The molecular formula is C8H7ClI2N2O2. The third-order valence-electron chi connectivity index (χ3n) is 1.44. The lowest BCUT2D eigenvalue weighted by Gasteiger charge is -2.13. The van der Waals surface area contributed by atoms with Gasteiger partial charge in [-0.1, -0.05) is 11.6 Å². The highest BCUT2D eigenvalue weighted by Gasteiger charge is 2.16. The van der Waals surface area contributed by atoms with Crippen molar-refractivity contribution in [1.82, 2.24) is 9.88 Å². The topological polar surface area (TPSA) is 42.4 Å². The molecular weight excluding hydrogens is 445 g/mol. The molecule has 0 bridgehead atoms. The first kappa shape index (κ1) is 13.2. The quantitative estimate of drug-likeness (QED) is 0.486. The highest BCUT2D eigenvalue weighted by Crippen LogP contribution is 2.31. The zero-order chi connectivity index (χ0) is 11.6. The molecule has 0 saturated carbocycles. The Morgan fingerprint density at radius 3 is 2.67 bits per heavy atom. The molecule has 0 atom stereocenters. The van der Waals surface area contributed by atoms with E-state index in [1.165, 1.54) is 4.90 Å². The molecule has 1 aromatic rings. The Morgan fingerprint density at radius 2 is 2.13 bits per heavy atom. The lowest BCUT2D eigenvalue weighted by molar-refractivity contribution is 0.171. The highest BCUT2D eigenvalue weighted by molar-refractivity contribution is 14.1. The normalized spacial score (nSPS) is 9.93. The second-order valence-corrected chi connectivity index (χ2v) is 5.40. The van der Waals surface area contributed by atoms with Gasteiger partial charge in [-0.25, -0.2) is 9.78 Å². The van der Waals surface area contributed by atoms with Crippen LogP contribution in [0, 0.1) is 7.14 Å². The van der Waals surface area contributed by atoms with Crippen LogP contribution in [-0.4, -0.2) is 30.1 Å². The van der Waals surface area contributed by atoms with Crippen molar-refractivity contribution in [3.8, 4) is 5.75 Å². The molecule has 0 N–H and O–H groups in total. The number of ether oxygens (including phenoxy) is 1. The smallest absolute Gasteiger partial charge is 0.408 e. The van der Waals surface area contributed by atoms with Gasteiger partial charge in [-0.15, -0.1) is 0 Å². The summed E-state index contributed by atoms with van der Waals surface area (Å²) in [6.07, 6.45) is 1.12. The molecule has 15 heavy (non-hydrogen) atoms. The van der Waals surface area contributed by atoms with Gasteiger partial charge in [-0.05, 0) is 45.2 Å². The van der Waals surface area contributed by atoms with Gasteiger partial charge in [0.15, 0.2) is 5.75 Å². The van der Waals surface area contributed by atoms with Crippen LogP contribution in [0.25, 0.3) is 0 Å². The molecule has 0 aliphatic rings. The Hall–Kier alpha value is 0.170. The number of pyridine rings is 1. The van der Waals surface area contributed by atoms with Crippen molar-refractivity contribution in [3.05, 3.63) is 18.5 Å². The fourth-order valence-corrected chi connectivity index (χ4v) is 2.41. The molecule has 0 aromatic carbocycles. The molecule has 0 aliphatic carbocycles. The Morgan fingerprint density at radius 1 is 1.53 bits per heavy atom. The van der Waals surface area contributed by atoms with Crippen LogP contribution >= 0.6 is 56.8 Å². The summed E-state index contributed by atoms with van der Waals surface area (Å²) in [7, 11) is 3.23. The molecule has 0 fully saturated rings. The molecule has 4 nitrogen and oxygen atoms in total. The number of hydrogen-bond donors (Lipinski definition) is 0. The first-order valence-electron chi connectivity index (χ1n) is 3.82. The monoisotopic (exact) mass is 452 g/mol. The average Bonchev–Trinajstić information content (AvgIpc) is 2.18. The maximum absolute atomic E-state index is 11.4. The van der Waals surface area contributed by atoms with Crippen LogP contribution in [0.1, 0.15) is 0 Å². The summed E-state index contributed by atoms with van der Waals surface area (Å²) in [4.78, 5) is 16.6. The number of carbonyl (C=O) groups excluding carboxylic acids is 1. The summed E-state index contributed by atoms with van der Waals surface area (Å²) in [5, 5.41) is 0.331. The van der Waals surface area contributed by atoms with Crippen molar-refractivity contribution < 1.29 is 9.53 Å². The van der Waals surface area contributed by atoms with Gasteiger partial charge in [0.1, 0.15) is 5.15 Å². The second kappa shape index (κ2) is 5.48. The van der Waals surface area contributed by atoms with Crippen molar-refractivity contribution >= 4 is 62.9 Å². The Kier molecular flexibility index (Phi) is 4.84. The van der Waals surface area contributed by atoms with E-state index < -0.39 is 6.09 Å². The van der Waals surface area contributed by atoms with Crippen molar-refractivity contribution in [2.75, 3.05) is 14.1 Å². The number of carbonyl (C=O) groups is 1. The molecule has 0 saturated heterocycles. The molecule has 0 spiro atoms. The van der Waals surface area contributed by atoms with Gasteiger partial charge in [-0.3, -0.25) is 0 Å². The van der Waals surface area contributed by atoms with E-state index in [1.54, 1.807) is 20.3 Å². The van der Waals surface area contributed by atoms with E-state index in [2.05, 4.69) is 4.98 Å². The SMILES string of the molecule is CN(C)C(=O)Oc1c(I)cnc(Cl)c1I. The van der Waals surface area contributed by atoms with Crippen molar-refractivity contribution in [2.45, 2.75) is 0 Å². The number of rotatable bonds is 1. The van der Waals surface area contributed by atoms with Crippen LogP contribution in [0.5, 0.6) is 5.75 Å². The van der Waals surface area contributed by atoms with Crippen molar-refractivity contribution in [2.24, 2.45) is 0 Å². The Balaban J connectivity index is 3.04. The number of nitrogens with zero attached hydrogens (tertiary/aromatic N) is 2. The number of halogens is 3. The van der Waals surface area contributed by atoms with Crippen molar-refractivity contribution in [3.63, 3.8) is 0 Å². The van der Waals surface area contributed by atoms with E-state index in [0.717, 1.165) is 3.57 Å². The molecule has 1 aromatic heterocycles. The van der Waals surface area contributed by atoms with Crippen molar-refractivity contribution in [1.29, 1.82) is 0 Å². The van der Waals surface area contributed by atoms with E-state index in [9.17, 15) is 4.79 Å².